The SMILES string of the molecule is CO[C@H]1C[C@@H](C)C/C(C)=C/[C@@H](CCOC(=O)N[C@@H](Cc2ccccc2)[C@H](O)CN(CC(C)C)S(=O)(=O)c2ccc(N)cc2)C(=O)C[C@H](O)[C@@H](C)[C@@H](/C(C)=C/[C@@H]2CC[C@@H](O)[C@H](OC)C2)OC(=O)[C@@H]2CCCCN2C(=O)C(=O)[C@]2(O)O[C@H]1[C@@H](OC)C[C@H]2C. The van der Waals surface area contributed by atoms with Gasteiger partial charge in [0.15, 0.2) is 0 Å². The van der Waals surface area contributed by atoms with Crippen LogP contribution < -0.4 is 11.1 Å². The summed E-state index contributed by atoms with van der Waals surface area (Å²) >= 11 is 0. The number of hydrogen-bond donors (Lipinski definition) is 6. The van der Waals surface area contributed by atoms with Gasteiger partial charge in [-0.3, -0.25) is 14.4 Å². The third-order valence-electron chi connectivity index (χ3n) is 17.7. The average Bonchev–Trinajstić information content (AvgIpc) is 1.44. The quantitative estimate of drug-likeness (QED) is 0.0426. The predicted octanol–water partition coefficient (Wildman–Crippen LogP) is 6.08. The summed E-state index contributed by atoms with van der Waals surface area (Å²) in [6.07, 6.45) is -1.65. The normalized spacial score (nSPS) is 32.1. The number of amides is 2. The first-order valence-electron chi connectivity index (χ1n) is 30.5. The number of anilines is 1. The zero-order chi connectivity index (χ0) is 63.2. The van der Waals surface area contributed by atoms with Crippen molar-refractivity contribution in [3.63, 3.8) is 0 Å². The Morgan fingerprint density at radius 3 is 2.20 bits per heavy atom. The highest BCUT2D eigenvalue weighted by molar-refractivity contribution is 7.89. The Kier molecular flexibility index (Phi) is 25.9. The average molecular weight is 1230 g/mol. The summed E-state index contributed by atoms with van der Waals surface area (Å²) in [5.74, 6) is -9.41. The van der Waals surface area contributed by atoms with Crippen molar-refractivity contribution in [2.45, 2.75) is 197 Å². The van der Waals surface area contributed by atoms with Crippen LogP contribution in [0.5, 0.6) is 0 Å². The number of alkyl carbamates (subject to hydrolysis) is 1. The second-order valence-electron chi connectivity index (χ2n) is 25.0. The van der Waals surface area contributed by atoms with Crippen molar-refractivity contribution in [3.05, 3.63) is 83.5 Å². The Morgan fingerprint density at radius 1 is 0.884 bits per heavy atom. The van der Waals surface area contributed by atoms with Crippen molar-refractivity contribution in [3.8, 4) is 0 Å². The van der Waals surface area contributed by atoms with E-state index in [1.165, 1.54) is 49.9 Å². The van der Waals surface area contributed by atoms with Gasteiger partial charge in [0.05, 0.1) is 54.2 Å². The first-order valence-corrected chi connectivity index (χ1v) is 31.9. The molecule has 21 nitrogen and oxygen atoms in total. The van der Waals surface area contributed by atoms with Crippen LogP contribution >= 0.6 is 0 Å². The molecule has 0 radical (unpaired) electrons. The second-order valence-corrected chi connectivity index (χ2v) is 26.9. The van der Waals surface area contributed by atoms with Crippen LogP contribution in [0, 0.1) is 35.5 Å². The van der Waals surface area contributed by atoms with Crippen molar-refractivity contribution < 1.29 is 81.2 Å². The van der Waals surface area contributed by atoms with E-state index in [1.807, 2.05) is 52.0 Å². The lowest BCUT2D eigenvalue weighted by atomic mass is 9.81. The van der Waals surface area contributed by atoms with Crippen LogP contribution in [0.1, 0.15) is 125 Å². The maximum absolute atomic E-state index is 14.8. The van der Waals surface area contributed by atoms with Crippen molar-refractivity contribution in [1.82, 2.24) is 14.5 Å². The molecule has 0 unspecified atom stereocenters. The van der Waals surface area contributed by atoms with E-state index in [0.29, 0.717) is 56.2 Å². The van der Waals surface area contributed by atoms with Crippen LogP contribution in [0.15, 0.2) is 82.8 Å². The van der Waals surface area contributed by atoms with Gasteiger partial charge < -0.3 is 64.8 Å². The van der Waals surface area contributed by atoms with Crippen LogP contribution in [-0.4, -0.2) is 182 Å². The number of aliphatic hydroxyl groups excluding tert-OH is 3. The molecule has 86 heavy (non-hydrogen) atoms. The third kappa shape index (κ3) is 18.2. The van der Waals surface area contributed by atoms with E-state index in [1.54, 1.807) is 39.0 Å². The largest absolute Gasteiger partial charge is 0.456 e. The third-order valence-corrected chi connectivity index (χ3v) is 19.5. The number of esters is 1. The number of nitrogens with one attached hydrogen (secondary N) is 1. The number of rotatable bonds is 18. The number of fused-ring (bicyclic) bond motifs is 3. The molecule has 2 bridgehead atoms. The summed E-state index contributed by atoms with van der Waals surface area (Å²) in [6.45, 7) is 11.9. The van der Waals surface area contributed by atoms with Gasteiger partial charge in [0.25, 0.3) is 11.7 Å². The number of piperidine rings is 1. The van der Waals surface area contributed by atoms with E-state index in [4.69, 9.17) is 34.2 Å². The summed E-state index contributed by atoms with van der Waals surface area (Å²) in [6, 6.07) is 12.5. The van der Waals surface area contributed by atoms with Crippen LogP contribution in [-0.2, 0) is 64.0 Å². The van der Waals surface area contributed by atoms with Crippen LogP contribution in [0.4, 0.5) is 10.5 Å². The number of methoxy groups -OCH3 is 3. The first kappa shape index (κ1) is 70.0. The van der Waals surface area contributed by atoms with Gasteiger partial charge in [0.2, 0.25) is 15.8 Å². The van der Waals surface area contributed by atoms with Crippen molar-refractivity contribution in [2.75, 3.05) is 53.3 Å². The fourth-order valence-corrected chi connectivity index (χ4v) is 14.3. The van der Waals surface area contributed by atoms with Crippen molar-refractivity contribution >= 4 is 45.2 Å². The number of benzene rings is 2. The summed E-state index contributed by atoms with van der Waals surface area (Å²) in [4.78, 5) is 73.6. The molecule has 22 heteroatoms. The second kappa shape index (κ2) is 31.9. The lowest BCUT2D eigenvalue weighted by Crippen LogP contribution is -2.64. The Bertz CT molecular complexity index is 2750. The summed E-state index contributed by atoms with van der Waals surface area (Å²) in [5, 5.41) is 49.8. The maximum atomic E-state index is 14.8. The van der Waals surface area contributed by atoms with Crippen molar-refractivity contribution in [1.29, 1.82) is 0 Å². The number of nitrogens with two attached hydrogens (primary N) is 1. The number of Topliss-reactive ketones (excluding diaryl/α,β-unsaturated/α-hetero) is 2. The van der Waals surface area contributed by atoms with E-state index < -0.39 is 130 Å². The smallest absolute Gasteiger partial charge is 0.407 e. The topological polar surface area (TPSA) is 300 Å². The van der Waals surface area contributed by atoms with Gasteiger partial charge in [0.1, 0.15) is 24.0 Å². The Balaban J connectivity index is 1.31. The highest BCUT2D eigenvalue weighted by atomic mass is 32.2. The van der Waals surface area contributed by atoms with Gasteiger partial charge in [-0.05, 0) is 138 Å². The minimum absolute atomic E-state index is 0.00911. The molecule has 16 atom stereocenters. The van der Waals surface area contributed by atoms with Gasteiger partial charge in [0, 0.05) is 70.8 Å². The molecular formula is C64H96N4O17S. The number of carbonyl (C=O) groups is 5. The summed E-state index contributed by atoms with van der Waals surface area (Å²) in [5.41, 5.74) is 8.31. The molecule has 2 aromatic rings. The molecule has 7 N–H and O–H groups in total. The number of cyclic esters (lactones) is 1. The number of allylic oxidation sites excluding steroid dienone is 3. The molecule has 2 amide bonds. The molecule has 480 valence electrons. The summed E-state index contributed by atoms with van der Waals surface area (Å²) in [7, 11) is 0.358. The Morgan fingerprint density at radius 2 is 1.55 bits per heavy atom. The van der Waals surface area contributed by atoms with Gasteiger partial charge in [-0.25, -0.2) is 18.0 Å². The number of aliphatic hydroxyl groups is 4. The molecule has 3 heterocycles. The number of sulfonamides is 1. The van der Waals surface area contributed by atoms with E-state index in [9.17, 15) is 52.8 Å². The van der Waals surface area contributed by atoms with Crippen LogP contribution in [0.25, 0.3) is 0 Å². The number of ketones is 2. The molecule has 2 aromatic carbocycles. The summed E-state index contributed by atoms with van der Waals surface area (Å²) < 4.78 is 65.2. The monoisotopic (exact) mass is 1220 g/mol. The minimum Gasteiger partial charge on any atom is -0.456 e. The predicted molar refractivity (Wildman–Crippen MR) is 321 cm³/mol. The molecule has 3 fully saturated rings. The molecule has 1 saturated carbocycles. The molecule has 2 saturated heterocycles. The lowest BCUT2D eigenvalue weighted by molar-refractivity contribution is -0.302. The van der Waals surface area contributed by atoms with Gasteiger partial charge in [-0.15, -0.1) is 0 Å². The number of ether oxygens (including phenoxy) is 6. The van der Waals surface area contributed by atoms with E-state index in [0.717, 1.165) is 16.0 Å². The van der Waals surface area contributed by atoms with E-state index in [-0.39, 0.29) is 74.6 Å². The zero-order valence-electron chi connectivity index (χ0n) is 51.9. The van der Waals surface area contributed by atoms with Gasteiger partial charge in [-0.1, -0.05) is 82.7 Å². The number of carbonyl (C=O) groups excluding carboxylic acids is 5. The minimum atomic E-state index is -4.13. The highest BCUT2D eigenvalue weighted by Crippen LogP contribution is 2.40. The van der Waals surface area contributed by atoms with E-state index in [2.05, 4.69) is 5.32 Å². The lowest BCUT2D eigenvalue weighted by Gasteiger charge is -2.47. The molecule has 1 aliphatic carbocycles. The molecule has 0 aromatic heterocycles. The van der Waals surface area contributed by atoms with Crippen molar-refractivity contribution in [2.24, 2.45) is 35.5 Å². The maximum Gasteiger partial charge on any atom is 0.407 e. The fourth-order valence-electron chi connectivity index (χ4n) is 12.7. The highest BCUT2D eigenvalue weighted by Gasteiger charge is 2.57. The molecule has 6 rings (SSSR count). The Labute approximate surface area is 508 Å². The van der Waals surface area contributed by atoms with Gasteiger partial charge >= 0.3 is 12.1 Å². The first-order chi connectivity index (χ1) is 40.7. The van der Waals surface area contributed by atoms with Crippen LogP contribution in [0.3, 0.4) is 0 Å². The standard InChI is InChI=1S/C64H96N4O17S/c1-38(2)36-67(86(78,79)48-22-20-47(65)21-23-48)37-54(72)49(33-44-16-12-11-13-17-44)66-63(76)83-27-25-46-29-39(3)28-40(4)30-56(81-9)59-57(82-10)32-42(6)64(77,85-59)60(73)61(74)68-26-15-14-18-50(68)62(75)84-58(43(7)52(70)35-53(46)71)41(5)31-45-19-24-51(69)55(34-45)80-8/h11-13,16-17,20-23,29,31,38,40,42-43,45-46,49-52,54-59,69-70,72,77H,14-15,18-19,24-28,30,32-37,65H2,1-10H3,(H,66,76)/b39-29+,41-31+/t40-,42+,43+,45-,46+,49-,50-,51+,52-,54+,55+,56-,57-,58+,59+,64+/m0/s1. The molecule has 0 spiro atoms. The fraction of sp³-hybridized carbons (Fsp3) is 0.672. The van der Waals surface area contributed by atoms with E-state index >= 15 is 0 Å². The zero-order valence-corrected chi connectivity index (χ0v) is 52.7. The Hall–Kier alpha value is -5.14. The van der Waals surface area contributed by atoms with Crippen LogP contribution in [0.2, 0.25) is 0 Å². The number of nitrogens with zero attached hydrogens (tertiary/aromatic N) is 2. The molecule has 4 aliphatic rings. The molecular weight excluding hydrogens is 1130 g/mol. The number of hydrogen-bond acceptors (Lipinski definition) is 18. The van der Waals surface area contributed by atoms with Gasteiger partial charge in [-0.2, -0.15) is 4.31 Å². The number of nitrogen functional groups attached to an aromatic ring is 1. The molecule has 3 aliphatic heterocycles.